The number of halogens is 3. The average molecular weight is 398 g/mol. The summed E-state index contributed by atoms with van der Waals surface area (Å²) < 4.78 is 67.2. The van der Waals surface area contributed by atoms with Crippen LogP contribution in [0.3, 0.4) is 0 Å². The van der Waals surface area contributed by atoms with Gasteiger partial charge in [0.05, 0.1) is 4.90 Å². The number of aromatic amines is 1. The van der Waals surface area contributed by atoms with Gasteiger partial charge in [0.2, 0.25) is 10.0 Å². The summed E-state index contributed by atoms with van der Waals surface area (Å²) >= 11 is 0. The van der Waals surface area contributed by atoms with Crippen LogP contribution >= 0.6 is 0 Å². The number of aromatic nitrogens is 1. The minimum atomic E-state index is -4.82. The molecule has 3 aromatic rings. The van der Waals surface area contributed by atoms with Crippen molar-refractivity contribution >= 4 is 20.9 Å². The molecule has 0 spiro atoms. The first kappa shape index (κ1) is 19.2. The average Bonchev–Trinajstić information content (AvgIpc) is 2.96. The summed E-state index contributed by atoms with van der Waals surface area (Å²) in [5.41, 5.74) is 3.05. The van der Waals surface area contributed by atoms with Crippen molar-refractivity contribution in [1.29, 1.82) is 0 Å². The third kappa shape index (κ3) is 4.81. The Balaban J connectivity index is 1.65. The third-order valence-electron chi connectivity index (χ3n) is 3.98. The highest BCUT2D eigenvalue weighted by Gasteiger charge is 2.31. The lowest BCUT2D eigenvalue weighted by Crippen LogP contribution is -2.26. The molecule has 0 bridgehead atoms. The smallest absolute Gasteiger partial charge is 0.406 e. The fraction of sp³-hybridized carbons (Fsp3) is 0.222. The van der Waals surface area contributed by atoms with Gasteiger partial charge in [-0.2, -0.15) is 0 Å². The Morgan fingerprint density at radius 2 is 1.81 bits per heavy atom. The van der Waals surface area contributed by atoms with Gasteiger partial charge in [-0.3, -0.25) is 0 Å². The van der Waals surface area contributed by atoms with Gasteiger partial charge in [-0.05, 0) is 55.3 Å². The maximum Gasteiger partial charge on any atom is 0.573 e. The number of fused-ring (bicyclic) bond motifs is 1. The van der Waals surface area contributed by atoms with Gasteiger partial charge in [-0.25, -0.2) is 13.1 Å². The Bertz CT molecular complexity index is 1040. The molecular weight excluding hydrogens is 381 g/mol. The van der Waals surface area contributed by atoms with Gasteiger partial charge in [0, 0.05) is 23.6 Å². The van der Waals surface area contributed by atoms with Crippen molar-refractivity contribution in [2.24, 2.45) is 0 Å². The number of sulfonamides is 1. The van der Waals surface area contributed by atoms with Crippen LogP contribution in [0.4, 0.5) is 13.2 Å². The summed E-state index contributed by atoms with van der Waals surface area (Å²) in [5.74, 6) is -0.476. The first-order valence-electron chi connectivity index (χ1n) is 8.06. The molecule has 0 saturated heterocycles. The molecule has 2 aromatic carbocycles. The lowest BCUT2D eigenvalue weighted by molar-refractivity contribution is -0.274. The predicted octanol–water partition coefficient (Wildman–Crippen LogP) is 3.90. The van der Waals surface area contributed by atoms with E-state index in [1.807, 2.05) is 31.3 Å². The molecule has 0 unspecified atom stereocenters. The normalized spacial score (nSPS) is 12.4. The fourth-order valence-electron chi connectivity index (χ4n) is 2.72. The van der Waals surface area contributed by atoms with E-state index in [-0.39, 0.29) is 11.4 Å². The highest BCUT2D eigenvalue weighted by Crippen LogP contribution is 2.24. The van der Waals surface area contributed by atoms with Crippen LogP contribution in [-0.2, 0) is 16.4 Å². The number of rotatable bonds is 6. The number of alkyl halides is 3. The summed E-state index contributed by atoms with van der Waals surface area (Å²) in [6.07, 6.45) is -2.52. The second kappa shape index (κ2) is 7.24. The van der Waals surface area contributed by atoms with Crippen LogP contribution < -0.4 is 9.46 Å². The van der Waals surface area contributed by atoms with Crippen LogP contribution in [0.2, 0.25) is 0 Å². The van der Waals surface area contributed by atoms with Crippen molar-refractivity contribution in [2.75, 3.05) is 6.54 Å². The zero-order valence-electron chi connectivity index (χ0n) is 14.3. The SMILES string of the molecule is Cc1ccc2[nH]cc(CCNS(=O)(=O)c3ccc(OC(F)(F)F)cc3)c2c1. The Kier molecular flexibility index (Phi) is 5.16. The van der Waals surface area contributed by atoms with Crippen molar-refractivity contribution in [2.45, 2.75) is 24.6 Å². The van der Waals surface area contributed by atoms with Gasteiger partial charge in [-0.15, -0.1) is 13.2 Å². The minimum Gasteiger partial charge on any atom is -0.406 e. The predicted molar refractivity (Wildman–Crippen MR) is 95.1 cm³/mol. The van der Waals surface area contributed by atoms with E-state index in [4.69, 9.17) is 0 Å². The number of ether oxygens (including phenoxy) is 1. The zero-order valence-corrected chi connectivity index (χ0v) is 15.1. The molecule has 9 heteroatoms. The molecule has 0 amide bonds. The van der Waals surface area contributed by atoms with Gasteiger partial charge >= 0.3 is 6.36 Å². The van der Waals surface area contributed by atoms with E-state index in [0.29, 0.717) is 6.42 Å². The van der Waals surface area contributed by atoms with E-state index in [2.05, 4.69) is 14.4 Å². The Hall–Kier alpha value is -2.52. The zero-order chi connectivity index (χ0) is 19.7. The number of hydrogen-bond acceptors (Lipinski definition) is 3. The highest BCUT2D eigenvalue weighted by atomic mass is 32.2. The standard InChI is InChI=1S/C18H17F3N2O3S/c1-12-2-7-17-16(10-12)13(11-22-17)8-9-23-27(24,25)15-5-3-14(4-6-15)26-18(19,20)21/h2-7,10-11,22-23H,8-9H2,1H3. The molecule has 5 nitrogen and oxygen atoms in total. The van der Waals surface area contributed by atoms with E-state index >= 15 is 0 Å². The summed E-state index contributed by atoms with van der Waals surface area (Å²) in [5, 5.41) is 1.03. The molecule has 0 aliphatic carbocycles. The molecule has 2 N–H and O–H groups in total. The first-order chi connectivity index (χ1) is 12.6. The van der Waals surface area contributed by atoms with Crippen LogP contribution in [0.1, 0.15) is 11.1 Å². The molecule has 0 atom stereocenters. The molecule has 1 aromatic heterocycles. The summed E-state index contributed by atoms with van der Waals surface area (Å²) in [6.45, 7) is 2.13. The van der Waals surface area contributed by atoms with E-state index in [1.54, 1.807) is 0 Å². The van der Waals surface area contributed by atoms with Gasteiger partial charge in [0.1, 0.15) is 5.75 Å². The van der Waals surface area contributed by atoms with E-state index < -0.39 is 22.1 Å². The maximum absolute atomic E-state index is 12.3. The molecule has 0 aliphatic rings. The largest absolute Gasteiger partial charge is 0.573 e. The summed E-state index contributed by atoms with van der Waals surface area (Å²) in [4.78, 5) is 3.00. The van der Waals surface area contributed by atoms with Crippen molar-refractivity contribution in [3.63, 3.8) is 0 Å². The van der Waals surface area contributed by atoms with Crippen LogP contribution in [0.5, 0.6) is 5.75 Å². The minimum absolute atomic E-state index is 0.133. The Morgan fingerprint density at radius 3 is 2.48 bits per heavy atom. The first-order valence-corrected chi connectivity index (χ1v) is 9.54. The topological polar surface area (TPSA) is 71.2 Å². The van der Waals surface area contributed by atoms with Crippen molar-refractivity contribution in [3.05, 3.63) is 59.8 Å². The van der Waals surface area contributed by atoms with Gasteiger partial charge in [0.25, 0.3) is 0 Å². The highest BCUT2D eigenvalue weighted by molar-refractivity contribution is 7.89. The van der Waals surface area contributed by atoms with Crippen LogP contribution in [0, 0.1) is 6.92 Å². The van der Waals surface area contributed by atoms with Gasteiger partial charge in [0.15, 0.2) is 0 Å². The molecule has 27 heavy (non-hydrogen) atoms. The second-order valence-corrected chi connectivity index (χ2v) is 7.80. The molecule has 0 radical (unpaired) electrons. The van der Waals surface area contributed by atoms with Crippen LogP contribution in [0.15, 0.2) is 53.6 Å². The van der Waals surface area contributed by atoms with Gasteiger partial charge in [-0.1, -0.05) is 11.6 Å². The molecule has 0 fully saturated rings. The van der Waals surface area contributed by atoms with Crippen molar-refractivity contribution in [3.8, 4) is 5.75 Å². The van der Waals surface area contributed by atoms with Gasteiger partial charge < -0.3 is 9.72 Å². The second-order valence-electron chi connectivity index (χ2n) is 6.03. The molecule has 0 saturated carbocycles. The Morgan fingerprint density at radius 1 is 1.11 bits per heavy atom. The number of hydrogen-bond donors (Lipinski definition) is 2. The third-order valence-corrected chi connectivity index (χ3v) is 5.45. The molecular formula is C18H17F3N2O3S. The Labute approximate surface area is 154 Å². The lowest BCUT2D eigenvalue weighted by atomic mass is 10.1. The fourth-order valence-corrected chi connectivity index (χ4v) is 3.75. The number of aryl methyl sites for hydroxylation is 1. The maximum atomic E-state index is 12.3. The van der Waals surface area contributed by atoms with Crippen LogP contribution in [-0.4, -0.2) is 26.3 Å². The van der Waals surface area contributed by atoms with Crippen molar-refractivity contribution < 1.29 is 26.3 Å². The lowest BCUT2D eigenvalue weighted by Gasteiger charge is -2.10. The number of H-pyrrole nitrogens is 1. The summed E-state index contributed by atoms with van der Waals surface area (Å²) in [6, 6.07) is 10.0. The van der Waals surface area contributed by atoms with E-state index in [9.17, 15) is 21.6 Å². The van der Waals surface area contributed by atoms with Crippen LogP contribution in [0.25, 0.3) is 10.9 Å². The van der Waals surface area contributed by atoms with E-state index in [0.717, 1.165) is 46.3 Å². The quantitative estimate of drug-likeness (QED) is 0.662. The van der Waals surface area contributed by atoms with E-state index in [1.165, 1.54) is 0 Å². The van der Waals surface area contributed by atoms with Crippen molar-refractivity contribution in [1.82, 2.24) is 9.71 Å². The molecule has 1 heterocycles. The number of benzene rings is 2. The monoisotopic (exact) mass is 398 g/mol. The molecule has 144 valence electrons. The molecule has 3 rings (SSSR count). The summed E-state index contributed by atoms with van der Waals surface area (Å²) in [7, 11) is -3.83. The molecule has 0 aliphatic heterocycles. The number of nitrogens with one attached hydrogen (secondary N) is 2.